The smallest absolute Gasteiger partial charge is 0.135 e. The van der Waals surface area contributed by atoms with Crippen LogP contribution < -0.4 is 14.5 Å². The van der Waals surface area contributed by atoms with Gasteiger partial charge in [0.1, 0.15) is 5.82 Å². The zero-order valence-electron chi connectivity index (χ0n) is 52.6. The van der Waals surface area contributed by atoms with E-state index in [4.69, 9.17) is 13.8 Å². The van der Waals surface area contributed by atoms with Crippen LogP contribution in [0, 0.1) is 25.7 Å². The van der Waals surface area contributed by atoms with Crippen molar-refractivity contribution in [3.8, 4) is 61.8 Å². The van der Waals surface area contributed by atoms with Gasteiger partial charge in [0, 0.05) is 82.1 Å². The summed E-state index contributed by atoms with van der Waals surface area (Å²) in [7, 11) is 0. The fourth-order valence-corrected chi connectivity index (χ4v) is 11.5. The van der Waals surface area contributed by atoms with E-state index in [1.807, 2.05) is 59.2 Å². The molecule has 3 heterocycles. The standard InChI is InChI=1S/C77H73N4O.Pt/c1-50-42-72(78-48-66(50)54-22-20-23-56(43-54)75(5,6)7)81-68-29-17-15-27-62(68)63-41-40-60(47-71(63)81)82-59-25-21-24-58(46-59)79-49-80(70-31-19-18-30-69(70)79)73-64(53-34-32-51(33-35-53)52-36-38-55(39-37-52)74(2,3)4)44-57(76(8,9)10)45-65(73)61-26-14-16-28-67(61)77(11,12)13;/h14-45,48-49H,1-13H3;/q-3;/i1D3;. The molecule has 6 heteroatoms. The maximum Gasteiger partial charge on any atom is 0.135 e. The molecule has 0 amide bonds. The summed E-state index contributed by atoms with van der Waals surface area (Å²) in [6, 6.07) is 75.5. The Morgan fingerprint density at radius 1 is 0.458 bits per heavy atom. The number of ether oxygens (including phenoxy) is 1. The Hall–Kier alpha value is -7.98. The van der Waals surface area contributed by atoms with Crippen LogP contribution in [0.25, 0.3) is 72.1 Å². The molecule has 0 bridgehead atoms. The van der Waals surface area contributed by atoms with Crippen molar-refractivity contribution < 1.29 is 29.9 Å². The van der Waals surface area contributed by atoms with Crippen LogP contribution in [-0.2, 0) is 42.7 Å². The Morgan fingerprint density at radius 3 is 1.77 bits per heavy atom. The molecule has 2 aromatic heterocycles. The number of nitrogens with zero attached hydrogens (tertiary/aromatic N) is 4. The zero-order chi connectivity index (χ0) is 60.0. The summed E-state index contributed by atoms with van der Waals surface area (Å²) in [5.74, 6) is 1.46. The van der Waals surface area contributed by atoms with Gasteiger partial charge in [0.15, 0.2) is 0 Å². The molecule has 0 fully saturated rings. The van der Waals surface area contributed by atoms with Crippen LogP contribution in [0.2, 0.25) is 0 Å². The Morgan fingerprint density at radius 2 is 1.07 bits per heavy atom. The fraction of sp³-hybridized carbons (Fsp3) is 0.221. The second kappa shape index (κ2) is 21.6. The fourth-order valence-electron chi connectivity index (χ4n) is 11.5. The van der Waals surface area contributed by atoms with E-state index in [2.05, 4.69) is 245 Å². The van der Waals surface area contributed by atoms with Crippen LogP contribution in [0.4, 0.5) is 22.7 Å². The Kier molecular flexibility index (Phi) is 13.8. The van der Waals surface area contributed by atoms with Crippen LogP contribution in [0.15, 0.2) is 200 Å². The summed E-state index contributed by atoms with van der Waals surface area (Å²) < 4.78 is 35.1. The van der Waals surface area contributed by atoms with Gasteiger partial charge >= 0.3 is 0 Å². The molecule has 9 aromatic carbocycles. The number of fused-ring (bicyclic) bond motifs is 4. The van der Waals surface area contributed by atoms with E-state index in [1.165, 1.54) is 33.4 Å². The molecule has 0 aliphatic carbocycles. The van der Waals surface area contributed by atoms with Gasteiger partial charge in [-0.15, -0.1) is 48.1 Å². The van der Waals surface area contributed by atoms with Crippen molar-refractivity contribution in [2.45, 2.75) is 112 Å². The largest absolute Gasteiger partial charge is 0.509 e. The van der Waals surface area contributed by atoms with Crippen LogP contribution in [0.3, 0.4) is 0 Å². The van der Waals surface area contributed by atoms with E-state index >= 15 is 0 Å². The number of aryl methyl sites for hydroxylation is 1. The van der Waals surface area contributed by atoms with E-state index in [0.29, 0.717) is 28.4 Å². The van der Waals surface area contributed by atoms with Gasteiger partial charge in [0.2, 0.25) is 0 Å². The van der Waals surface area contributed by atoms with Crippen molar-refractivity contribution in [3.05, 3.63) is 247 Å². The molecular formula is C77H73N4OPt-3. The van der Waals surface area contributed by atoms with Gasteiger partial charge in [-0.2, -0.15) is 12.1 Å². The van der Waals surface area contributed by atoms with Gasteiger partial charge in [-0.25, -0.2) is 4.98 Å². The van der Waals surface area contributed by atoms with E-state index in [0.717, 1.165) is 66.9 Å². The number of aromatic nitrogens is 2. The third-order valence-corrected chi connectivity index (χ3v) is 16.1. The van der Waals surface area contributed by atoms with Crippen molar-refractivity contribution in [2.24, 2.45) is 0 Å². The molecule has 0 atom stereocenters. The molecule has 1 aliphatic rings. The molecule has 11 aromatic rings. The van der Waals surface area contributed by atoms with Crippen molar-refractivity contribution in [1.29, 1.82) is 0 Å². The minimum Gasteiger partial charge on any atom is -0.509 e. The van der Waals surface area contributed by atoms with Gasteiger partial charge in [-0.05, 0) is 126 Å². The predicted octanol–water partition coefficient (Wildman–Crippen LogP) is 21.1. The average Bonchev–Trinajstić information content (AvgIpc) is 1.64. The van der Waals surface area contributed by atoms with Crippen LogP contribution in [-0.4, -0.2) is 9.55 Å². The molecular weight excluding hydrogens is 1190 g/mol. The molecule has 83 heavy (non-hydrogen) atoms. The van der Waals surface area contributed by atoms with Crippen molar-refractivity contribution >= 4 is 44.6 Å². The number of rotatable bonds is 9. The van der Waals surface area contributed by atoms with Crippen molar-refractivity contribution in [3.63, 3.8) is 0 Å². The normalized spacial score (nSPS) is 13.6. The molecule has 0 N–H and O–H groups in total. The number of hydrogen-bond donors (Lipinski definition) is 0. The third-order valence-electron chi connectivity index (χ3n) is 16.1. The average molecular weight is 1270 g/mol. The Labute approximate surface area is 511 Å². The Bertz CT molecular complexity index is 4340. The number of para-hydroxylation sites is 3. The topological polar surface area (TPSA) is 33.5 Å². The predicted molar refractivity (Wildman–Crippen MR) is 346 cm³/mol. The van der Waals surface area contributed by atoms with Crippen LogP contribution >= 0.6 is 0 Å². The Balaban J connectivity index is 0.00000768. The van der Waals surface area contributed by atoms with Crippen molar-refractivity contribution in [2.75, 3.05) is 9.80 Å². The first kappa shape index (κ1) is 53.1. The number of anilines is 4. The molecule has 0 saturated heterocycles. The summed E-state index contributed by atoms with van der Waals surface area (Å²) in [5.41, 5.74) is 18.7. The zero-order valence-corrected chi connectivity index (χ0v) is 51.9. The summed E-state index contributed by atoms with van der Waals surface area (Å²) in [6.07, 6.45) is 1.70. The van der Waals surface area contributed by atoms with Gasteiger partial charge in [-0.1, -0.05) is 216 Å². The van der Waals surface area contributed by atoms with E-state index in [-0.39, 0.29) is 48.3 Å². The number of hydrogen-bond acceptors (Lipinski definition) is 4. The molecule has 420 valence electrons. The summed E-state index contributed by atoms with van der Waals surface area (Å²) >= 11 is 0. The molecule has 1 aliphatic heterocycles. The summed E-state index contributed by atoms with van der Waals surface area (Å²) in [6.45, 7) is 26.8. The second-order valence-electron chi connectivity index (χ2n) is 26.1. The van der Waals surface area contributed by atoms with Gasteiger partial charge in [0.25, 0.3) is 0 Å². The minimum atomic E-state index is -2.42. The maximum absolute atomic E-state index is 8.77. The SMILES string of the molecule is [2H]C([2H])([2H])c1cc(-n2c3[c-]c(Oc4[c-]c(N5[CH-]N(c6c(-c7ccc(-c8ccc(C(C)(C)C)cc8)cc7)cc(C(C)(C)C)cc6-c6ccccc6C(C)(C)C)c6ccccc65)ccc4)ccc3c3ccccc32)ncc1-c1cccc(C(C)(C)C)c1.[Pt]. The minimum absolute atomic E-state index is 0. The number of pyridine rings is 1. The first-order valence-electron chi connectivity index (χ1n) is 30.1. The van der Waals surface area contributed by atoms with E-state index in [9.17, 15) is 0 Å². The van der Waals surface area contributed by atoms with Crippen LogP contribution in [0.5, 0.6) is 11.5 Å². The van der Waals surface area contributed by atoms with Gasteiger partial charge < -0.3 is 19.1 Å². The molecule has 0 unspecified atom stereocenters. The van der Waals surface area contributed by atoms with Crippen LogP contribution in [0.1, 0.15) is 115 Å². The second-order valence-corrected chi connectivity index (χ2v) is 26.1. The summed E-state index contributed by atoms with van der Waals surface area (Å²) in [5, 5.41) is 1.92. The molecule has 5 nitrogen and oxygen atoms in total. The number of benzene rings is 9. The maximum atomic E-state index is 8.77. The third kappa shape index (κ3) is 11.0. The molecule has 12 rings (SSSR count). The quantitative estimate of drug-likeness (QED) is 0.135. The first-order chi connectivity index (χ1) is 40.3. The monoisotopic (exact) mass is 1270 g/mol. The first-order valence-corrected chi connectivity index (χ1v) is 28.6. The molecule has 0 radical (unpaired) electrons. The van der Waals surface area contributed by atoms with Gasteiger partial charge in [-0.3, -0.25) is 0 Å². The molecule has 0 saturated carbocycles. The van der Waals surface area contributed by atoms with Crippen molar-refractivity contribution in [1.82, 2.24) is 9.55 Å². The van der Waals surface area contributed by atoms with E-state index in [1.54, 1.807) is 12.3 Å². The van der Waals surface area contributed by atoms with Gasteiger partial charge in [0.05, 0.1) is 0 Å². The van der Waals surface area contributed by atoms with E-state index < -0.39 is 6.85 Å². The molecule has 0 spiro atoms. The summed E-state index contributed by atoms with van der Waals surface area (Å²) in [4.78, 5) is 9.58.